The van der Waals surface area contributed by atoms with E-state index in [1.807, 2.05) is 6.07 Å². The molecular weight excluding hydrogens is 491 g/mol. The summed E-state index contributed by atoms with van der Waals surface area (Å²) in [6.07, 6.45) is -2.03. The van der Waals surface area contributed by atoms with Gasteiger partial charge in [-0.1, -0.05) is 18.6 Å². The Balaban J connectivity index is 1.57. The summed E-state index contributed by atoms with van der Waals surface area (Å²) in [5, 5.41) is 11.5. The fourth-order valence-corrected chi connectivity index (χ4v) is 5.58. The average molecular weight is 514 g/mol. The van der Waals surface area contributed by atoms with Crippen molar-refractivity contribution >= 4 is 21.6 Å². The summed E-state index contributed by atoms with van der Waals surface area (Å²) in [5.74, 6) is -0.648. The normalized spacial score (nSPS) is 14.7. The molecule has 0 unspecified atom stereocenters. The van der Waals surface area contributed by atoms with Gasteiger partial charge in [-0.2, -0.15) is 22.7 Å². The smallest absolute Gasteiger partial charge is 0.322 e. The Morgan fingerprint density at radius 3 is 2.14 bits per heavy atom. The number of hydrogen-bond donors (Lipinski definition) is 1. The van der Waals surface area contributed by atoms with Crippen LogP contribution in [0.2, 0.25) is 0 Å². The van der Waals surface area contributed by atoms with Crippen molar-refractivity contribution in [2.75, 3.05) is 18.4 Å². The summed E-state index contributed by atoms with van der Waals surface area (Å²) < 4.78 is 67.9. The van der Waals surface area contributed by atoms with Crippen molar-refractivity contribution in [2.45, 2.75) is 30.3 Å². The second-order valence-corrected chi connectivity index (χ2v) is 10.3. The summed E-state index contributed by atoms with van der Waals surface area (Å²) in [6.45, 7) is 0.937. The van der Waals surface area contributed by atoms with Crippen molar-refractivity contribution in [3.05, 3.63) is 83.4 Å². The lowest BCUT2D eigenvalue weighted by Crippen LogP contribution is -2.35. The topological polar surface area (TPSA) is 90.3 Å². The van der Waals surface area contributed by atoms with E-state index in [2.05, 4.69) is 5.32 Å². The maximum absolute atomic E-state index is 13.6. The summed E-state index contributed by atoms with van der Waals surface area (Å²) in [4.78, 5) is 12.9. The van der Waals surface area contributed by atoms with Crippen molar-refractivity contribution in [1.82, 2.24) is 4.31 Å². The van der Waals surface area contributed by atoms with E-state index in [-0.39, 0.29) is 21.6 Å². The molecule has 1 aliphatic rings. The van der Waals surface area contributed by atoms with Gasteiger partial charge in [0.15, 0.2) is 0 Å². The number of rotatable bonds is 5. The van der Waals surface area contributed by atoms with Gasteiger partial charge in [-0.25, -0.2) is 8.42 Å². The molecule has 1 heterocycles. The highest BCUT2D eigenvalue weighted by Gasteiger charge is 2.34. The van der Waals surface area contributed by atoms with E-state index in [0.717, 1.165) is 37.5 Å². The van der Waals surface area contributed by atoms with Crippen LogP contribution in [0.3, 0.4) is 0 Å². The molecule has 0 saturated carbocycles. The van der Waals surface area contributed by atoms with Crippen molar-refractivity contribution in [2.24, 2.45) is 0 Å². The molecule has 6 nitrogen and oxygen atoms in total. The van der Waals surface area contributed by atoms with Crippen LogP contribution >= 0.6 is 0 Å². The number of halogens is 3. The predicted molar refractivity (Wildman–Crippen MR) is 129 cm³/mol. The molecule has 186 valence electrons. The van der Waals surface area contributed by atoms with Crippen LogP contribution in [0.4, 0.5) is 18.9 Å². The Bertz CT molecular complexity index is 1410. The lowest BCUT2D eigenvalue weighted by atomic mass is 9.96. The number of nitriles is 1. The Kier molecular flexibility index (Phi) is 7.15. The number of alkyl halides is 3. The zero-order chi connectivity index (χ0) is 25.9. The molecule has 0 aromatic heterocycles. The minimum Gasteiger partial charge on any atom is -0.322 e. The number of carbonyl (C=O) groups is 1. The van der Waals surface area contributed by atoms with Crippen molar-refractivity contribution in [1.29, 1.82) is 5.26 Å². The zero-order valence-electron chi connectivity index (χ0n) is 19.0. The number of anilines is 1. The SMILES string of the molecule is N#Cc1ccc(-c2cc(C(=O)Nc3ccc(S(=O)(=O)N4CCCCC4)cc3)ccc2C(F)(F)F)cc1. The quantitative estimate of drug-likeness (QED) is 0.476. The van der Waals surface area contributed by atoms with Gasteiger partial charge in [-0.3, -0.25) is 4.79 Å². The van der Waals surface area contributed by atoms with Crippen molar-refractivity contribution in [3.8, 4) is 17.2 Å². The number of nitrogens with one attached hydrogen (secondary N) is 1. The van der Waals surface area contributed by atoms with Crippen molar-refractivity contribution in [3.63, 3.8) is 0 Å². The number of hydrogen-bond acceptors (Lipinski definition) is 4. The third-order valence-electron chi connectivity index (χ3n) is 5.98. The number of carbonyl (C=O) groups excluding carboxylic acids is 1. The highest BCUT2D eigenvalue weighted by Crippen LogP contribution is 2.38. The van der Waals surface area contributed by atoms with Crippen LogP contribution in [0.15, 0.2) is 71.6 Å². The molecule has 1 saturated heterocycles. The monoisotopic (exact) mass is 513 g/mol. The van der Waals surface area contributed by atoms with Crippen molar-refractivity contribution < 1.29 is 26.4 Å². The molecule has 0 aliphatic carbocycles. The number of amides is 1. The minimum atomic E-state index is -4.64. The largest absolute Gasteiger partial charge is 0.417 e. The van der Waals surface area contributed by atoms with Gasteiger partial charge in [0.25, 0.3) is 5.91 Å². The molecule has 36 heavy (non-hydrogen) atoms. The second-order valence-electron chi connectivity index (χ2n) is 8.39. The molecule has 3 aromatic carbocycles. The van der Waals surface area contributed by atoms with Crippen LogP contribution in [-0.2, 0) is 16.2 Å². The molecular formula is C26H22F3N3O3S. The molecule has 1 amide bonds. The number of sulfonamides is 1. The van der Waals surface area contributed by atoms with Gasteiger partial charge in [-0.15, -0.1) is 0 Å². The van der Waals surface area contributed by atoms with Crippen LogP contribution in [0.1, 0.15) is 40.7 Å². The van der Waals surface area contributed by atoms with Crippen LogP contribution in [0.5, 0.6) is 0 Å². The minimum absolute atomic E-state index is 0.00706. The lowest BCUT2D eigenvalue weighted by molar-refractivity contribution is -0.137. The molecule has 0 radical (unpaired) electrons. The summed E-state index contributed by atoms with van der Waals surface area (Å²) in [7, 11) is -3.63. The number of nitrogens with zero attached hydrogens (tertiary/aromatic N) is 2. The third-order valence-corrected chi connectivity index (χ3v) is 7.89. The zero-order valence-corrected chi connectivity index (χ0v) is 19.9. The van der Waals surface area contributed by atoms with E-state index in [1.165, 1.54) is 52.8 Å². The first-order chi connectivity index (χ1) is 17.1. The predicted octanol–water partition coefficient (Wildman–Crippen LogP) is 5.67. The van der Waals surface area contributed by atoms with Gasteiger partial charge >= 0.3 is 6.18 Å². The summed E-state index contributed by atoms with van der Waals surface area (Å²) in [5.41, 5.74) is -0.293. The van der Waals surface area contributed by atoms with E-state index in [1.54, 1.807) is 0 Å². The van der Waals surface area contributed by atoms with Crippen LogP contribution in [0, 0.1) is 11.3 Å². The highest BCUT2D eigenvalue weighted by molar-refractivity contribution is 7.89. The average Bonchev–Trinajstić information content (AvgIpc) is 2.88. The Labute approximate surface area is 207 Å². The second kappa shape index (κ2) is 10.1. The molecule has 1 fully saturated rings. The lowest BCUT2D eigenvalue weighted by Gasteiger charge is -2.25. The van der Waals surface area contributed by atoms with E-state index in [9.17, 15) is 26.4 Å². The fourth-order valence-electron chi connectivity index (χ4n) is 4.06. The number of piperidine rings is 1. The van der Waals surface area contributed by atoms with E-state index < -0.39 is 27.7 Å². The fraction of sp³-hybridized carbons (Fsp3) is 0.231. The maximum Gasteiger partial charge on any atom is 0.417 e. The first-order valence-corrected chi connectivity index (χ1v) is 12.7. The van der Waals surface area contributed by atoms with Gasteiger partial charge in [0.05, 0.1) is 22.1 Å². The Morgan fingerprint density at radius 1 is 0.917 bits per heavy atom. The van der Waals surface area contributed by atoms with Gasteiger partial charge < -0.3 is 5.32 Å². The van der Waals surface area contributed by atoms with Gasteiger partial charge in [0.1, 0.15) is 0 Å². The molecule has 1 aliphatic heterocycles. The first kappa shape index (κ1) is 25.4. The van der Waals surface area contributed by atoms with E-state index >= 15 is 0 Å². The molecule has 0 spiro atoms. The van der Waals surface area contributed by atoms with Gasteiger partial charge in [-0.05, 0) is 78.6 Å². The molecule has 10 heteroatoms. The molecule has 0 atom stereocenters. The number of benzene rings is 3. The van der Waals surface area contributed by atoms with E-state index in [0.29, 0.717) is 24.3 Å². The van der Waals surface area contributed by atoms with Crippen LogP contribution in [-0.4, -0.2) is 31.7 Å². The molecule has 4 rings (SSSR count). The highest BCUT2D eigenvalue weighted by atomic mass is 32.2. The van der Waals surface area contributed by atoms with Crippen LogP contribution < -0.4 is 5.32 Å². The van der Waals surface area contributed by atoms with Gasteiger partial charge in [0.2, 0.25) is 10.0 Å². The third kappa shape index (κ3) is 5.42. The van der Waals surface area contributed by atoms with E-state index in [4.69, 9.17) is 5.26 Å². The Hall–Kier alpha value is -3.68. The summed E-state index contributed by atoms with van der Waals surface area (Å²) in [6, 6.07) is 16.3. The Morgan fingerprint density at radius 2 is 1.56 bits per heavy atom. The molecule has 3 aromatic rings. The molecule has 1 N–H and O–H groups in total. The standard InChI is InChI=1S/C26H22F3N3O3S/c27-26(28,29)24-13-8-20(16-23(24)19-6-4-18(17-30)5-7-19)25(33)31-21-9-11-22(12-10-21)36(34,35)32-14-2-1-3-15-32/h4-13,16H,1-3,14-15H2,(H,31,33). The maximum atomic E-state index is 13.6. The first-order valence-electron chi connectivity index (χ1n) is 11.2. The van der Waals surface area contributed by atoms with Gasteiger partial charge in [0, 0.05) is 24.3 Å². The van der Waals surface area contributed by atoms with Crippen LogP contribution in [0.25, 0.3) is 11.1 Å². The molecule has 0 bridgehead atoms. The summed E-state index contributed by atoms with van der Waals surface area (Å²) >= 11 is 0.